The van der Waals surface area contributed by atoms with E-state index >= 15 is 0 Å². The molecule has 0 aromatic carbocycles. The predicted octanol–water partition coefficient (Wildman–Crippen LogP) is -0.286. The second-order valence-electron chi connectivity index (χ2n) is 1.70. The van der Waals surface area contributed by atoms with Crippen LogP contribution in [0, 0.1) is 0 Å². The van der Waals surface area contributed by atoms with Gasteiger partial charge in [-0.25, -0.2) is 0 Å². The van der Waals surface area contributed by atoms with Crippen molar-refractivity contribution in [2.24, 2.45) is 0 Å². The van der Waals surface area contributed by atoms with Crippen molar-refractivity contribution in [3.05, 3.63) is 0 Å². The second-order valence-corrected chi connectivity index (χ2v) is 1.70. The molecule has 0 heterocycles. The average Bonchev–Trinajstić information content (AvgIpc) is 1.27. The summed E-state index contributed by atoms with van der Waals surface area (Å²) in [5.74, 6) is 0. The molecule has 39 valence electrons. The Morgan fingerprint density at radius 3 is 2.00 bits per heavy atom. The molecule has 0 aliphatic rings. The van der Waals surface area contributed by atoms with Gasteiger partial charge in [-0.15, -0.1) is 0 Å². The van der Waals surface area contributed by atoms with Gasteiger partial charge < -0.3 is 9.61 Å². The van der Waals surface area contributed by atoms with Crippen LogP contribution in [0.3, 0.4) is 0 Å². The lowest BCUT2D eigenvalue weighted by molar-refractivity contribution is -0.110. The normalized spacial score (nSPS) is 9.14. The fourth-order valence-electron chi connectivity index (χ4n) is 0.364. The summed E-state index contributed by atoms with van der Waals surface area (Å²) in [4.78, 5) is 11.9. The van der Waals surface area contributed by atoms with Crippen LogP contribution in [-0.2, 0) is 4.79 Å². The van der Waals surface area contributed by atoms with Crippen molar-refractivity contribution in [2.45, 2.75) is 6.92 Å². The summed E-state index contributed by atoms with van der Waals surface area (Å²) >= 11 is 0. The first-order valence-electron chi connectivity index (χ1n) is 2.15. The topological polar surface area (TPSA) is 20.3 Å². The zero-order valence-electron chi connectivity index (χ0n) is 4.93. The van der Waals surface area contributed by atoms with Gasteiger partial charge in [0.25, 0.3) is 7.41 Å². The number of hydrogen-bond acceptors (Lipinski definition) is 2. The molecular formula is C4H9BNO. The Morgan fingerprint density at radius 2 is 2.00 bits per heavy atom. The minimum atomic E-state index is 0.0880. The molecule has 0 saturated carbocycles. The molecule has 0 saturated heterocycles. The molecule has 0 aliphatic carbocycles. The first kappa shape index (κ1) is 6.69. The fourth-order valence-corrected chi connectivity index (χ4v) is 0.364. The molecule has 2 nitrogen and oxygen atoms in total. The summed E-state index contributed by atoms with van der Waals surface area (Å²) in [5.41, 5.74) is 0.0880. The van der Waals surface area contributed by atoms with E-state index in [9.17, 15) is 4.79 Å². The molecule has 0 N–H and O–H groups in total. The molecule has 0 fully saturated rings. The highest BCUT2D eigenvalue weighted by Gasteiger charge is 1.96. The van der Waals surface area contributed by atoms with E-state index in [0.717, 1.165) is 0 Å². The smallest absolute Gasteiger partial charge is 0.297 e. The lowest BCUT2D eigenvalue weighted by atomic mass is 9.87. The number of rotatable bonds is 2. The van der Waals surface area contributed by atoms with E-state index in [2.05, 4.69) is 0 Å². The van der Waals surface area contributed by atoms with Gasteiger partial charge in [-0.1, -0.05) is 0 Å². The largest absolute Gasteiger partial charge is 0.345 e. The molecule has 0 aromatic rings. The van der Waals surface area contributed by atoms with E-state index in [1.54, 1.807) is 4.81 Å². The van der Waals surface area contributed by atoms with E-state index in [1.807, 2.05) is 14.1 Å². The van der Waals surface area contributed by atoms with E-state index in [1.165, 1.54) is 14.3 Å². The molecule has 7 heavy (non-hydrogen) atoms. The minimum Gasteiger partial charge on any atom is -0.345 e. The SMILES string of the molecule is CC(=O)[B]N(C)C. The van der Waals surface area contributed by atoms with Crippen LogP contribution in [0.2, 0.25) is 0 Å². The van der Waals surface area contributed by atoms with Gasteiger partial charge in [-0.05, 0) is 21.0 Å². The average molecular weight is 97.9 g/mol. The molecular weight excluding hydrogens is 88.9 g/mol. The van der Waals surface area contributed by atoms with Gasteiger partial charge in [0.2, 0.25) is 0 Å². The Kier molecular flexibility index (Phi) is 2.68. The summed E-state index contributed by atoms with van der Waals surface area (Å²) < 4.78 is 0. The van der Waals surface area contributed by atoms with Crippen LogP contribution in [0.15, 0.2) is 0 Å². The molecule has 0 aliphatic heterocycles. The summed E-state index contributed by atoms with van der Waals surface area (Å²) in [6.45, 7) is 1.53. The maximum absolute atomic E-state index is 10.2. The van der Waals surface area contributed by atoms with Gasteiger partial charge >= 0.3 is 0 Å². The van der Waals surface area contributed by atoms with Crippen molar-refractivity contribution in [1.29, 1.82) is 0 Å². The Hall–Kier alpha value is -0.305. The third-order valence-corrected chi connectivity index (χ3v) is 0.440. The third-order valence-electron chi connectivity index (χ3n) is 0.440. The zero-order valence-corrected chi connectivity index (χ0v) is 4.93. The number of carbonyl (C=O) groups excluding carboxylic acids is 1. The van der Waals surface area contributed by atoms with Crippen molar-refractivity contribution < 1.29 is 4.79 Å². The van der Waals surface area contributed by atoms with Crippen LogP contribution < -0.4 is 0 Å². The Morgan fingerprint density at radius 1 is 1.57 bits per heavy atom. The van der Waals surface area contributed by atoms with Crippen molar-refractivity contribution in [2.75, 3.05) is 14.1 Å². The standard InChI is InChI=1S/C4H9BNO/c1-4(7)5-6(2)3/h1-3H3. The van der Waals surface area contributed by atoms with Crippen molar-refractivity contribution >= 4 is 13.1 Å². The summed E-state index contributed by atoms with van der Waals surface area (Å²) in [5, 5.41) is 0. The van der Waals surface area contributed by atoms with Crippen LogP contribution in [0.5, 0.6) is 0 Å². The van der Waals surface area contributed by atoms with Crippen molar-refractivity contribution in [1.82, 2.24) is 4.81 Å². The van der Waals surface area contributed by atoms with Crippen LogP contribution in [0.25, 0.3) is 0 Å². The van der Waals surface area contributed by atoms with Gasteiger partial charge in [-0.3, -0.25) is 0 Å². The Bertz CT molecular complexity index is 72.1. The highest BCUT2D eigenvalue weighted by molar-refractivity contribution is 6.71. The predicted molar refractivity (Wildman–Crippen MR) is 30.1 cm³/mol. The van der Waals surface area contributed by atoms with Gasteiger partial charge in [0.05, 0.1) is 0 Å². The van der Waals surface area contributed by atoms with Gasteiger partial charge in [0, 0.05) is 0 Å². The minimum absolute atomic E-state index is 0.0880. The van der Waals surface area contributed by atoms with Gasteiger partial charge in [-0.2, -0.15) is 0 Å². The fraction of sp³-hybridized carbons (Fsp3) is 0.750. The number of hydrogen-bond donors (Lipinski definition) is 0. The van der Waals surface area contributed by atoms with Crippen molar-refractivity contribution in [3.8, 4) is 0 Å². The van der Waals surface area contributed by atoms with E-state index in [0.29, 0.717) is 0 Å². The number of nitrogens with zero attached hydrogens (tertiary/aromatic N) is 1. The molecule has 0 atom stereocenters. The van der Waals surface area contributed by atoms with Crippen LogP contribution in [0.4, 0.5) is 0 Å². The number of carbonyl (C=O) groups is 1. The molecule has 0 rings (SSSR count). The Balaban J connectivity index is 3.13. The summed E-state index contributed by atoms with van der Waals surface area (Å²) in [6, 6.07) is 0. The highest BCUT2D eigenvalue weighted by atomic mass is 16.1. The lowest BCUT2D eigenvalue weighted by Gasteiger charge is -2.00. The molecule has 0 unspecified atom stereocenters. The van der Waals surface area contributed by atoms with Gasteiger partial charge in [0.1, 0.15) is 5.68 Å². The summed E-state index contributed by atoms with van der Waals surface area (Å²) in [7, 11) is 5.17. The molecule has 3 heteroatoms. The van der Waals surface area contributed by atoms with E-state index in [-0.39, 0.29) is 5.68 Å². The second kappa shape index (κ2) is 2.80. The molecule has 0 bridgehead atoms. The van der Waals surface area contributed by atoms with Crippen LogP contribution in [0.1, 0.15) is 6.92 Å². The monoisotopic (exact) mass is 98.1 g/mol. The first-order chi connectivity index (χ1) is 3.13. The molecule has 1 radical (unpaired) electrons. The van der Waals surface area contributed by atoms with Crippen LogP contribution in [-0.4, -0.2) is 32.0 Å². The third kappa shape index (κ3) is 5.69. The van der Waals surface area contributed by atoms with E-state index in [4.69, 9.17) is 0 Å². The highest BCUT2D eigenvalue weighted by Crippen LogP contribution is 1.68. The van der Waals surface area contributed by atoms with Crippen molar-refractivity contribution in [3.63, 3.8) is 0 Å². The lowest BCUT2D eigenvalue weighted by Crippen LogP contribution is -2.23. The van der Waals surface area contributed by atoms with E-state index < -0.39 is 0 Å². The van der Waals surface area contributed by atoms with Crippen LogP contribution >= 0.6 is 0 Å². The molecule has 0 spiro atoms. The maximum atomic E-state index is 10.2. The Labute approximate surface area is 44.8 Å². The van der Waals surface area contributed by atoms with Gasteiger partial charge in [0.15, 0.2) is 0 Å². The zero-order chi connectivity index (χ0) is 5.86. The first-order valence-corrected chi connectivity index (χ1v) is 2.15. The molecule has 0 aromatic heterocycles. The quantitative estimate of drug-likeness (QED) is 0.442. The summed E-state index contributed by atoms with van der Waals surface area (Å²) in [6.07, 6.45) is 0. The molecule has 0 amide bonds. The maximum Gasteiger partial charge on any atom is 0.297 e.